The molecule has 10 aromatic carbocycles. The number of hydrogen-bond acceptors (Lipinski definition) is 5. The molecular formula is C64H50N2O3. The van der Waals surface area contributed by atoms with Crippen molar-refractivity contribution >= 4 is 121 Å². The average molecular weight is 895 g/mol. The van der Waals surface area contributed by atoms with Crippen molar-refractivity contribution in [1.82, 2.24) is 0 Å². The van der Waals surface area contributed by atoms with Gasteiger partial charge in [-0.05, 0) is 117 Å². The summed E-state index contributed by atoms with van der Waals surface area (Å²) < 4.78 is 20.6. The van der Waals surface area contributed by atoms with E-state index in [1.165, 1.54) is 11.1 Å². The molecule has 0 unspecified atom stereocenters. The van der Waals surface area contributed by atoms with Crippen molar-refractivity contribution in [2.75, 3.05) is 9.80 Å². The lowest BCUT2D eigenvalue weighted by molar-refractivity contribution is 0.572. The molecule has 0 aliphatic heterocycles. The molecule has 334 valence electrons. The van der Waals surface area contributed by atoms with Crippen LogP contribution in [0.2, 0.25) is 0 Å². The first-order valence-electron chi connectivity index (χ1n) is 23.9. The minimum Gasteiger partial charge on any atom is -0.456 e. The number of furan rings is 3. The molecule has 0 aliphatic carbocycles. The third-order valence-electron chi connectivity index (χ3n) is 14.0. The summed E-state index contributed by atoms with van der Waals surface area (Å²) >= 11 is 0. The topological polar surface area (TPSA) is 45.9 Å². The van der Waals surface area contributed by atoms with Crippen molar-refractivity contribution in [3.63, 3.8) is 0 Å². The predicted octanol–water partition coefficient (Wildman–Crippen LogP) is 19.2. The Bertz CT molecular complexity index is 3890. The van der Waals surface area contributed by atoms with Crippen LogP contribution in [0.15, 0.2) is 207 Å². The Hall–Kier alpha value is -8.28. The highest BCUT2D eigenvalue weighted by Crippen LogP contribution is 2.47. The van der Waals surface area contributed by atoms with Gasteiger partial charge in [0.1, 0.15) is 22.3 Å². The van der Waals surface area contributed by atoms with E-state index in [9.17, 15) is 0 Å². The number of anilines is 6. The molecule has 5 heteroatoms. The molecule has 0 radical (unpaired) electrons. The molecule has 5 nitrogen and oxygen atoms in total. The Morgan fingerprint density at radius 1 is 0.290 bits per heavy atom. The molecule has 13 rings (SSSR count). The Morgan fingerprint density at radius 3 is 1.09 bits per heavy atom. The van der Waals surface area contributed by atoms with Crippen LogP contribution in [0.5, 0.6) is 0 Å². The highest BCUT2D eigenvalue weighted by Gasteiger charge is 2.26. The summed E-state index contributed by atoms with van der Waals surface area (Å²) in [7, 11) is 0. The van der Waals surface area contributed by atoms with Crippen LogP contribution in [0.3, 0.4) is 0 Å². The molecule has 13 aromatic rings. The van der Waals surface area contributed by atoms with Gasteiger partial charge in [-0.3, -0.25) is 0 Å². The number of benzene rings is 10. The second-order valence-corrected chi connectivity index (χ2v) is 20.6. The van der Waals surface area contributed by atoms with E-state index in [2.05, 4.69) is 245 Å². The van der Waals surface area contributed by atoms with Crippen LogP contribution in [-0.4, -0.2) is 0 Å². The third-order valence-corrected chi connectivity index (χ3v) is 14.0. The maximum Gasteiger partial charge on any atom is 0.159 e. The zero-order chi connectivity index (χ0) is 46.8. The van der Waals surface area contributed by atoms with Crippen LogP contribution in [0.4, 0.5) is 34.1 Å². The van der Waals surface area contributed by atoms with Crippen molar-refractivity contribution in [3.8, 4) is 0 Å². The third kappa shape index (κ3) is 6.59. The molecule has 0 saturated carbocycles. The molecule has 0 fully saturated rings. The molecule has 3 aromatic heterocycles. The number of fused-ring (bicyclic) bond motifs is 11. The second kappa shape index (κ2) is 15.1. The van der Waals surface area contributed by atoms with Gasteiger partial charge in [0.25, 0.3) is 0 Å². The first kappa shape index (κ1) is 41.0. The Balaban J connectivity index is 0.959. The summed E-state index contributed by atoms with van der Waals surface area (Å²) in [6.07, 6.45) is 0. The van der Waals surface area contributed by atoms with Gasteiger partial charge >= 0.3 is 0 Å². The van der Waals surface area contributed by atoms with E-state index in [0.717, 1.165) is 121 Å². The van der Waals surface area contributed by atoms with E-state index < -0.39 is 0 Å². The quantitative estimate of drug-likeness (QED) is 0.166. The fourth-order valence-electron chi connectivity index (χ4n) is 10.7. The molecule has 0 aliphatic rings. The van der Waals surface area contributed by atoms with E-state index in [1.54, 1.807) is 0 Å². The summed E-state index contributed by atoms with van der Waals surface area (Å²) in [6, 6.07) is 69.5. The van der Waals surface area contributed by atoms with Gasteiger partial charge in [0.2, 0.25) is 0 Å². The van der Waals surface area contributed by atoms with Gasteiger partial charge in [0.05, 0.1) is 11.4 Å². The van der Waals surface area contributed by atoms with E-state index in [1.807, 2.05) is 0 Å². The lowest BCUT2D eigenvalue weighted by atomic mass is 9.86. The van der Waals surface area contributed by atoms with Gasteiger partial charge in [-0.15, -0.1) is 0 Å². The van der Waals surface area contributed by atoms with E-state index in [-0.39, 0.29) is 10.8 Å². The summed E-state index contributed by atoms with van der Waals surface area (Å²) in [6.45, 7) is 13.5. The maximum absolute atomic E-state index is 6.94. The summed E-state index contributed by atoms with van der Waals surface area (Å²) in [5.74, 6) is 0. The van der Waals surface area contributed by atoms with Gasteiger partial charge < -0.3 is 23.1 Å². The fraction of sp³-hybridized carbons (Fsp3) is 0.125. The van der Waals surface area contributed by atoms with Crippen molar-refractivity contribution in [2.24, 2.45) is 0 Å². The van der Waals surface area contributed by atoms with Gasteiger partial charge in [-0.1, -0.05) is 151 Å². The molecule has 0 spiro atoms. The largest absolute Gasteiger partial charge is 0.456 e. The predicted molar refractivity (Wildman–Crippen MR) is 290 cm³/mol. The molecular weight excluding hydrogens is 845 g/mol. The summed E-state index contributed by atoms with van der Waals surface area (Å²) in [4.78, 5) is 4.64. The second-order valence-electron chi connectivity index (χ2n) is 20.6. The van der Waals surface area contributed by atoms with Crippen LogP contribution in [0.1, 0.15) is 52.7 Å². The standard InChI is InChI=1S/C64H50N2O3/c1-63(2,3)53-25-13-21-47-49-23-15-27-55(61(49)68-59(47)53)65(43-17-9-7-10-18-43)45-31-29-39-37-57-51(35-41(39)33-45)52-36-42-34-46(32-30-40(42)38-58(52)67-57)66(44-19-11-8-12-20-44)56-28-16-24-50-48-22-14-26-54(64(4,5)6)60(48)69-62(50)56/h7-38H,1-6H3. The molecule has 0 N–H and O–H groups in total. The monoisotopic (exact) mass is 894 g/mol. The summed E-state index contributed by atoms with van der Waals surface area (Å²) in [5.41, 5.74) is 13.7. The molecule has 0 atom stereocenters. The van der Waals surface area contributed by atoms with Crippen molar-refractivity contribution in [3.05, 3.63) is 205 Å². The Labute approximate surface area is 400 Å². The zero-order valence-electron chi connectivity index (χ0n) is 39.6. The van der Waals surface area contributed by atoms with Crippen molar-refractivity contribution in [2.45, 2.75) is 52.4 Å². The van der Waals surface area contributed by atoms with E-state index >= 15 is 0 Å². The fourth-order valence-corrected chi connectivity index (χ4v) is 10.7. The number of nitrogens with zero attached hydrogens (tertiary/aromatic N) is 2. The van der Waals surface area contributed by atoms with E-state index in [0.29, 0.717) is 0 Å². The molecule has 69 heavy (non-hydrogen) atoms. The van der Waals surface area contributed by atoms with Crippen molar-refractivity contribution < 1.29 is 13.3 Å². The Kier molecular flexibility index (Phi) is 8.97. The van der Waals surface area contributed by atoms with Crippen LogP contribution >= 0.6 is 0 Å². The van der Waals surface area contributed by atoms with Crippen LogP contribution in [0.25, 0.3) is 87.4 Å². The van der Waals surface area contributed by atoms with E-state index in [4.69, 9.17) is 13.3 Å². The first-order chi connectivity index (χ1) is 33.5. The number of para-hydroxylation sites is 6. The lowest BCUT2D eigenvalue weighted by Gasteiger charge is -2.26. The zero-order valence-corrected chi connectivity index (χ0v) is 39.6. The van der Waals surface area contributed by atoms with Gasteiger partial charge in [0.15, 0.2) is 11.2 Å². The number of hydrogen-bond donors (Lipinski definition) is 0. The minimum atomic E-state index is -0.0763. The van der Waals surface area contributed by atoms with Gasteiger partial charge in [-0.2, -0.15) is 0 Å². The van der Waals surface area contributed by atoms with Gasteiger partial charge in [0, 0.05) is 66.2 Å². The number of rotatable bonds is 6. The summed E-state index contributed by atoms with van der Waals surface area (Å²) in [5, 5.41) is 11.1. The average Bonchev–Trinajstić information content (AvgIpc) is 4.04. The first-order valence-corrected chi connectivity index (χ1v) is 23.9. The SMILES string of the molecule is CC(C)(C)c1cccc2c1oc1c(N(c3ccccc3)c3ccc4cc5oc6cc7ccc(N(c8ccccc8)c8cccc9c8oc8c(C(C)(C)C)cccc89)cc7cc6c5cc4c3)cccc12. The Morgan fingerprint density at radius 2 is 0.681 bits per heavy atom. The minimum absolute atomic E-state index is 0.0763. The maximum atomic E-state index is 6.94. The van der Waals surface area contributed by atoms with Crippen LogP contribution in [-0.2, 0) is 10.8 Å². The van der Waals surface area contributed by atoms with Crippen LogP contribution < -0.4 is 9.80 Å². The smallest absolute Gasteiger partial charge is 0.159 e. The van der Waals surface area contributed by atoms with Gasteiger partial charge in [-0.25, -0.2) is 0 Å². The molecule has 3 heterocycles. The normalized spacial score (nSPS) is 12.5. The molecule has 0 amide bonds. The van der Waals surface area contributed by atoms with Crippen molar-refractivity contribution in [1.29, 1.82) is 0 Å². The highest BCUT2D eigenvalue weighted by atomic mass is 16.3. The lowest BCUT2D eigenvalue weighted by Crippen LogP contribution is -2.11. The molecule has 0 saturated heterocycles. The molecule has 0 bridgehead atoms. The van der Waals surface area contributed by atoms with Crippen LogP contribution in [0, 0.1) is 0 Å². The highest BCUT2D eigenvalue weighted by molar-refractivity contribution is 6.16.